The van der Waals surface area contributed by atoms with Crippen molar-refractivity contribution in [1.29, 1.82) is 0 Å². The van der Waals surface area contributed by atoms with Crippen molar-refractivity contribution >= 4 is 11.8 Å². The molecule has 1 aliphatic rings. The lowest BCUT2D eigenvalue weighted by Gasteiger charge is -2.30. The zero-order chi connectivity index (χ0) is 28.3. The van der Waals surface area contributed by atoms with E-state index < -0.39 is 0 Å². The molecule has 5 aromatic rings. The van der Waals surface area contributed by atoms with Crippen molar-refractivity contribution in [3.8, 4) is 11.1 Å². The Bertz CT molecular complexity index is 1920. The summed E-state index contributed by atoms with van der Waals surface area (Å²) in [6.07, 6.45) is 7.57. The fraction of sp³-hybridized carbons (Fsp3) is 0.154. The first-order valence-corrected chi connectivity index (χ1v) is 14.5. The number of fused-ring (bicyclic) bond motifs is 1. The third kappa shape index (κ3) is 5.14. The van der Waals surface area contributed by atoms with Crippen molar-refractivity contribution in [2.24, 2.45) is 0 Å². The fourth-order valence-electron chi connectivity index (χ4n) is 6.03. The highest BCUT2D eigenvalue weighted by Crippen LogP contribution is 2.36. The van der Waals surface area contributed by atoms with Gasteiger partial charge in [-0.3, -0.25) is 0 Å². The van der Waals surface area contributed by atoms with Gasteiger partial charge in [0.2, 0.25) is 11.0 Å². The van der Waals surface area contributed by atoms with E-state index >= 15 is 0 Å². The molecular weight excluding hydrogens is 496 g/mol. The summed E-state index contributed by atoms with van der Waals surface area (Å²) in [5.41, 5.74) is 8.67. The molecule has 1 atom stereocenters. The average Bonchev–Trinajstić information content (AvgIpc) is 3.02. The number of nitrogens with zero attached hydrogens (tertiary/aromatic N) is 2. The molecule has 1 unspecified atom stereocenters. The molecule has 0 amide bonds. The van der Waals surface area contributed by atoms with E-state index in [1.54, 1.807) is 0 Å². The normalized spacial score (nSPS) is 13.9. The van der Waals surface area contributed by atoms with Gasteiger partial charge in [-0.2, -0.15) is 4.24 Å². The summed E-state index contributed by atoms with van der Waals surface area (Å²) in [4.78, 5) is 2.39. The van der Waals surface area contributed by atoms with Crippen molar-refractivity contribution in [3.05, 3.63) is 172 Å². The van der Waals surface area contributed by atoms with E-state index in [1.165, 1.54) is 43.9 Å². The number of hydrogen-bond donors (Lipinski definition) is 0. The molecule has 2 nitrogen and oxygen atoms in total. The highest BCUT2D eigenvalue weighted by Gasteiger charge is 2.29. The van der Waals surface area contributed by atoms with Crippen LogP contribution in [0, 0.1) is 17.3 Å². The standard InChI is InChI=1S/C39H37N2/c1-28(2)29-24-26-32(27-25-29)40(3)39(36-20-11-10-19-34(36)30-14-6-5-7-15-30)38-23-13-22-37(41(38)4)35-21-12-17-31-16-8-9-18-33(31)35/h5-15,17-28,39H,4,16H2,1-3H3/q+1. The van der Waals surface area contributed by atoms with E-state index in [2.05, 4.69) is 170 Å². The highest BCUT2D eigenvalue weighted by atomic mass is 15.1. The minimum atomic E-state index is -0.0721. The van der Waals surface area contributed by atoms with Gasteiger partial charge in [0, 0.05) is 24.9 Å². The number of allylic oxidation sites excluding steroid dienone is 2. The van der Waals surface area contributed by atoms with Crippen LogP contribution in [0.1, 0.15) is 48.2 Å². The SMILES string of the molecule is C=[n+]1c(C(c2ccccc2-c2ccccc2)N(C)c2ccc(C(C)C)cc2)cccc1=c1cccc2c1=CC=CC2. The zero-order valence-corrected chi connectivity index (χ0v) is 24.2. The number of hydrogen-bond acceptors (Lipinski definition) is 1. The van der Waals surface area contributed by atoms with Crippen LogP contribution in [0.4, 0.5) is 5.69 Å². The van der Waals surface area contributed by atoms with Gasteiger partial charge in [0.05, 0.1) is 5.22 Å². The number of pyridine rings is 1. The number of rotatable bonds is 6. The maximum Gasteiger partial charge on any atom is 0.218 e. The predicted molar refractivity (Wildman–Crippen MR) is 171 cm³/mol. The average molecular weight is 534 g/mol. The van der Waals surface area contributed by atoms with E-state index in [9.17, 15) is 0 Å². The van der Waals surface area contributed by atoms with E-state index in [0.717, 1.165) is 17.5 Å². The predicted octanol–water partition coefficient (Wildman–Crippen LogP) is 7.81. The molecule has 0 spiro atoms. The molecule has 1 heterocycles. The minimum absolute atomic E-state index is 0.0721. The smallest absolute Gasteiger partial charge is 0.218 e. The van der Waals surface area contributed by atoms with Crippen LogP contribution in [0.25, 0.3) is 17.2 Å². The van der Waals surface area contributed by atoms with Crippen LogP contribution >= 0.6 is 0 Å². The van der Waals surface area contributed by atoms with Gasteiger partial charge in [-0.1, -0.05) is 111 Å². The Balaban J connectivity index is 1.63. The van der Waals surface area contributed by atoms with Crippen LogP contribution in [-0.2, 0) is 6.42 Å². The van der Waals surface area contributed by atoms with Crippen molar-refractivity contribution in [3.63, 3.8) is 0 Å². The van der Waals surface area contributed by atoms with Crippen molar-refractivity contribution < 1.29 is 4.24 Å². The maximum absolute atomic E-state index is 4.67. The van der Waals surface area contributed by atoms with Crippen LogP contribution in [0.5, 0.6) is 0 Å². The summed E-state index contributed by atoms with van der Waals surface area (Å²) < 4.78 is 2.15. The fourth-order valence-corrected chi connectivity index (χ4v) is 6.03. The molecule has 0 bridgehead atoms. The van der Waals surface area contributed by atoms with Gasteiger partial charge < -0.3 is 4.90 Å². The summed E-state index contributed by atoms with van der Waals surface area (Å²) in [5, 5.41) is 3.60. The molecule has 1 aliphatic carbocycles. The second kappa shape index (κ2) is 11.4. The molecule has 41 heavy (non-hydrogen) atoms. The number of aromatic nitrogens is 1. The van der Waals surface area contributed by atoms with Crippen LogP contribution in [0.2, 0.25) is 0 Å². The lowest BCUT2D eigenvalue weighted by molar-refractivity contribution is -0.521. The van der Waals surface area contributed by atoms with E-state index in [1.807, 2.05) is 0 Å². The van der Waals surface area contributed by atoms with Gasteiger partial charge in [-0.25, -0.2) is 0 Å². The first-order valence-electron chi connectivity index (χ1n) is 14.5. The van der Waals surface area contributed by atoms with Crippen LogP contribution in [-0.4, -0.2) is 7.05 Å². The molecule has 6 rings (SSSR count). The molecule has 0 radical (unpaired) electrons. The second-order valence-electron chi connectivity index (χ2n) is 11.2. The minimum Gasteiger partial charge on any atom is -0.358 e. The Morgan fingerprint density at radius 1 is 0.756 bits per heavy atom. The van der Waals surface area contributed by atoms with Crippen LogP contribution < -0.4 is 14.4 Å². The van der Waals surface area contributed by atoms with Gasteiger partial charge in [-0.15, -0.1) is 0 Å². The first-order chi connectivity index (χ1) is 20.0. The van der Waals surface area contributed by atoms with E-state index in [-0.39, 0.29) is 6.04 Å². The molecule has 1 aromatic heterocycles. The number of benzene rings is 4. The molecular formula is C39H37N2+. The molecule has 0 saturated carbocycles. The quantitative estimate of drug-likeness (QED) is 0.202. The lowest BCUT2D eigenvalue weighted by atomic mass is 9.91. The van der Waals surface area contributed by atoms with E-state index in [4.69, 9.17) is 0 Å². The molecule has 0 fully saturated rings. The third-order valence-electron chi connectivity index (χ3n) is 8.31. The maximum atomic E-state index is 4.67. The van der Waals surface area contributed by atoms with Crippen molar-refractivity contribution in [2.75, 3.05) is 11.9 Å². The summed E-state index contributed by atoms with van der Waals surface area (Å²) in [5.74, 6) is 0.492. The number of anilines is 1. The van der Waals surface area contributed by atoms with Gasteiger partial charge >= 0.3 is 0 Å². The van der Waals surface area contributed by atoms with E-state index in [0.29, 0.717) is 5.92 Å². The summed E-state index contributed by atoms with van der Waals surface area (Å²) in [7, 11) is 2.20. The topological polar surface area (TPSA) is 9.14 Å². The Morgan fingerprint density at radius 3 is 2.27 bits per heavy atom. The summed E-state index contributed by atoms with van der Waals surface area (Å²) >= 11 is 0. The molecule has 0 aliphatic heterocycles. The third-order valence-corrected chi connectivity index (χ3v) is 8.31. The molecule has 0 N–H and O–H groups in total. The molecule has 0 saturated heterocycles. The first kappa shape index (κ1) is 26.5. The summed E-state index contributed by atoms with van der Waals surface area (Å²) in [6, 6.07) is 41.6. The van der Waals surface area contributed by atoms with Gasteiger partial charge in [0.1, 0.15) is 12.8 Å². The van der Waals surface area contributed by atoms with Gasteiger partial charge in [-0.05, 0) is 69.6 Å². The van der Waals surface area contributed by atoms with Crippen molar-refractivity contribution in [2.45, 2.75) is 32.2 Å². The monoisotopic (exact) mass is 533 g/mol. The molecule has 4 aromatic carbocycles. The molecule has 2 heteroatoms. The Morgan fingerprint density at radius 2 is 1.49 bits per heavy atom. The largest absolute Gasteiger partial charge is 0.358 e. The highest BCUT2D eigenvalue weighted by molar-refractivity contribution is 5.70. The Labute approximate surface area is 243 Å². The van der Waals surface area contributed by atoms with Crippen LogP contribution in [0.3, 0.4) is 0 Å². The summed E-state index contributed by atoms with van der Waals surface area (Å²) in [6.45, 7) is 9.15. The van der Waals surface area contributed by atoms with Crippen LogP contribution in [0.15, 0.2) is 127 Å². The second-order valence-corrected chi connectivity index (χ2v) is 11.2. The Hall–Kier alpha value is -4.69. The van der Waals surface area contributed by atoms with Crippen molar-refractivity contribution in [1.82, 2.24) is 0 Å². The zero-order valence-electron chi connectivity index (χ0n) is 24.2. The molecule has 202 valence electrons. The Kier molecular flexibility index (Phi) is 7.39. The van der Waals surface area contributed by atoms with Gasteiger partial charge in [0.15, 0.2) is 0 Å². The lowest BCUT2D eigenvalue weighted by Crippen LogP contribution is -2.35. The van der Waals surface area contributed by atoms with Gasteiger partial charge in [0.25, 0.3) is 0 Å².